The van der Waals surface area contributed by atoms with Crippen LogP contribution in [0.5, 0.6) is 0 Å². The highest BCUT2D eigenvalue weighted by Crippen LogP contribution is 2.30. The topological polar surface area (TPSA) is 76.4 Å². The number of amidine groups is 1. The summed E-state index contributed by atoms with van der Waals surface area (Å²) >= 11 is 7.61. The van der Waals surface area contributed by atoms with Gasteiger partial charge in [-0.2, -0.15) is 5.10 Å². The number of hydrogen-bond donors (Lipinski definition) is 2. The highest BCUT2D eigenvalue weighted by Gasteiger charge is 2.07. The Hall–Kier alpha value is -1.66. The first kappa shape index (κ1) is 12.8. The molecule has 0 radical (unpaired) electrons. The van der Waals surface area contributed by atoms with Crippen LogP contribution in [0.3, 0.4) is 0 Å². The summed E-state index contributed by atoms with van der Waals surface area (Å²) in [6.07, 6.45) is 3.69. The Kier molecular flexibility index (Phi) is 3.78. The summed E-state index contributed by atoms with van der Waals surface area (Å²) in [4.78, 5) is 1.98. The Bertz CT molecular complexity index is 596. The smallest absolute Gasteiger partial charge is 0.171 e. The molecule has 0 aliphatic heterocycles. The average molecular weight is 283 g/mol. The molecule has 18 heavy (non-hydrogen) atoms. The summed E-state index contributed by atoms with van der Waals surface area (Å²) in [7, 11) is 1.86. The molecule has 94 valence electrons. The van der Waals surface area contributed by atoms with Gasteiger partial charge in [0.25, 0.3) is 0 Å². The maximum absolute atomic E-state index is 8.61. The molecule has 5 nitrogen and oxygen atoms in total. The standard InChI is InChI=1S/C11H11ClN4OS/c1-16-6-8(5-14-16)18-7-2-3-9(10(12)4-7)11(13)15-17/h2-6,17H,1H3,(H2,13,15). The van der Waals surface area contributed by atoms with Crippen molar-refractivity contribution in [2.75, 3.05) is 0 Å². The van der Waals surface area contributed by atoms with Crippen molar-refractivity contribution in [1.29, 1.82) is 0 Å². The Balaban J connectivity index is 2.24. The Morgan fingerprint density at radius 2 is 2.28 bits per heavy atom. The number of nitrogens with zero attached hydrogens (tertiary/aromatic N) is 3. The van der Waals surface area contributed by atoms with Gasteiger partial charge >= 0.3 is 0 Å². The Labute approximate surface area is 113 Å². The van der Waals surface area contributed by atoms with Gasteiger partial charge in [0.15, 0.2) is 5.84 Å². The van der Waals surface area contributed by atoms with Crippen LogP contribution < -0.4 is 5.73 Å². The number of aryl methyl sites for hydroxylation is 1. The minimum absolute atomic E-state index is 0.00192. The molecule has 1 aromatic heterocycles. The predicted octanol–water partition coefficient (Wildman–Crippen LogP) is 2.32. The number of rotatable bonds is 3. The van der Waals surface area contributed by atoms with Gasteiger partial charge in [0.05, 0.1) is 16.1 Å². The van der Waals surface area contributed by atoms with Crippen molar-refractivity contribution in [3.8, 4) is 0 Å². The highest BCUT2D eigenvalue weighted by molar-refractivity contribution is 7.99. The Morgan fingerprint density at radius 1 is 1.50 bits per heavy atom. The van der Waals surface area contributed by atoms with Crippen molar-refractivity contribution in [2.45, 2.75) is 9.79 Å². The molecule has 0 aliphatic rings. The molecule has 1 aromatic carbocycles. The number of halogens is 1. The molecule has 1 heterocycles. The SMILES string of the molecule is Cn1cc(Sc2ccc(C(N)=NO)c(Cl)c2)cn1. The summed E-state index contributed by atoms with van der Waals surface area (Å²) < 4.78 is 1.73. The quantitative estimate of drug-likeness (QED) is 0.392. The second-order valence-corrected chi connectivity index (χ2v) is 5.13. The minimum atomic E-state index is -0.00192. The Morgan fingerprint density at radius 3 is 2.83 bits per heavy atom. The average Bonchev–Trinajstić information content (AvgIpc) is 2.74. The molecule has 0 amide bonds. The molecule has 2 aromatic rings. The van der Waals surface area contributed by atoms with E-state index in [4.69, 9.17) is 22.5 Å². The van der Waals surface area contributed by atoms with E-state index >= 15 is 0 Å². The van der Waals surface area contributed by atoms with Crippen LogP contribution in [0.15, 0.2) is 45.5 Å². The van der Waals surface area contributed by atoms with Crippen LogP contribution in [0.4, 0.5) is 0 Å². The maximum atomic E-state index is 8.61. The number of benzene rings is 1. The first-order chi connectivity index (χ1) is 8.60. The minimum Gasteiger partial charge on any atom is -0.409 e. The van der Waals surface area contributed by atoms with E-state index in [0.717, 1.165) is 9.79 Å². The predicted molar refractivity (Wildman–Crippen MR) is 71.3 cm³/mol. The summed E-state index contributed by atoms with van der Waals surface area (Å²) in [5.74, 6) is -0.00192. The zero-order valence-corrected chi connectivity index (χ0v) is 11.1. The van der Waals surface area contributed by atoms with Crippen molar-refractivity contribution >= 4 is 29.2 Å². The molecule has 0 unspecified atom stereocenters. The number of hydrogen-bond acceptors (Lipinski definition) is 4. The third kappa shape index (κ3) is 2.77. The molecular weight excluding hydrogens is 272 g/mol. The molecule has 3 N–H and O–H groups in total. The third-order valence-corrected chi connectivity index (χ3v) is 3.49. The lowest BCUT2D eigenvalue weighted by molar-refractivity contribution is 0.318. The van der Waals surface area contributed by atoms with Crippen molar-refractivity contribution in [3.63, 3.8) is 0 Å². The van der Waals surface area contributed by atoms with Crippen LogP contribution in [-0.2, 0) is 7.05 Å². The van der Waals surface area contributed by atoms with E-state index in [1.807, 2.05) is 19.3 Å². The van der Waals surface area contributed by atoms with Gasteiger partial charge in [-0.15, -0.1) is 0 Å². The fraction of sp³-hybridized carbons (Fsp3) is 0.0909. The van der Waals surface area contributed by atoms with E-state index in [1.165, 1.54) is 11.8 Å². The molecule has 7 heteroatoms. The summed E-state index contributed by atoms with van der Waals surface area (Å²) in [6, 6.07) is 5.35. The first-order valence-corrected chi connectivity index (χ1v) is 6.23. The van der Waals surface area contributed by atoms with E-state index in [9.17, 15) is 0 Å². The van der Waals surface area contributed by atoms with Crippen LogP contribution in [0.25, 0.3) is 0 Å². The van der Waals surface area contributed by atoms with E-state index in [1.54, 1.807) is 23.0 Å². The molecule has 0 saturated carbocycles. The molecule has 0 saturated heterocycles. The van der Waals surface area contributed by atoms with Crippen molar-refractivity contribution in [2.24, 2.45) is 17.9 Å². The zero-order valence-electron chi connectivity index (χ0n) is 9.54. The van der Waals surface area contributed by atoms with Crippen LogP contribution in [0.2, 0.25) is 5.02 Å². The van der Waals surface area contributed by atoms with Gasteiger partial charge in [-0.05, 0) is 18.2 Å². The van der Waals surface area contributed by atoms with E-state index in [2.05, 4.69) is 10.3 Å². The summed E-state index contributed by atoms with van der Waals surface area (Å²) in [5.41, 5.74) is 6.01. The van der Waals surface area contributed by atoms with Crippen LogP contribution >= 0.6 is 23.4 Å². The van der Waals surface area contributed by atoms with Gasteiger partial charge in [0.1, 0.15) is 0 Å². The molecule has 0 fully saturated rings. The summed E-state index contributed by atoms with van der Waals surface area (Å²) in [6.45, 7) is 0. The fourth-order valence-corrected chi connectivity index (χ4v) is 2.64. The van der Waals surface area contributed by atoms with Crippen LogP contribution in [0, 0.1) is 0 Å². The lowest BCUT2D eigenvalue weighted by Crippen LogP contribution is -2.13. The number of nitrogens with two attached hydrogens (primary N) is 1. The second-order valence-electron chi connectivity index (χ2n) is 3.58. The summed E-state index contributed by atoms with van der Waals surface area (Å²) in [5, 5.41) is 16.1. The molecular formula is C11H11ClN4OS. The lowest BCUT2D eigenvalue weighted by atomic mass is 10.2. The van der Waals surface area contributed by atoms with E-state index < -0.39 is 0 Å². The van der Waals surface area contributed by atoms with Gasteiger partial charge in [-0.1, -0.05) is 28.5 Å². The monoisotopic (exact) mass is 282 g/mol. The van der Waals surface area contributed by atoms with Crippen LogP contribution in [0.1, 0.15) is 5.56 Å². The largest absolute Gasteiger partial charge is 0.409 e. The van der Waals surface area contributed by atoms with Gasteiger partial charge in [-0.25, -0.2) is 0 Å². The first-order valence-electron chi connectivity index (χ1n) is 5.04. The fourth-order valence-electron chi connectivity index (χ4n) is 1.41. The zero-order chi connectivity index (χ0) is 13.1. The second kappa shape index (κ2) is 5.32. The molecule has 0 spiro atoms. The van der Waals surface area contributed by atoms with Gasteiger partial charge in [0.2, 0.25) is 0 Å². The molecule has 0 bridgehead atoms. The van der Waals surface area contributed by atoms with E-state index in [0.29, 0.717) is 10.6 Å². The van der Waals surface area contributed by atoms with Crippen molar-refractivity contribution in [1.82, 2.24) is 9.78 Å². The molecule has 0 aliphatic carbocycles. The number of oxime groups is 1. The van der Waals surface area contributed by atoms with Gasteiger partial charge in [0, 0.05) is 23.7 Å². The molecule has 2 rings (SSSR count). The number of aromatic nitrogens is 2. The van der Waals surface area contributed by atoms with Gasteiger partial charge in [-0.3, -0.25) is 4.68 Å². The highest BCUT2D eigenvalue weighted by atomic mass is 35.5. The van der Waals surface area contributed by atoms with E-state index in [-0.39, 0.29) is 5.84 Å². The third-order valence-electron chi connectivity index (χ3n) is 2.24. The van der Waals surface area contributed by atoms with Crippen LogP contribution in [-0.4, -0.2) is 20.8 Å². The maximum Gasteiger partial charge on any atom is 0.171 e. The van der Waals surface area contributed by atoms with Crippen molar-refractivity contribution in [3.05, 3.63) is 41.2 Å². The molecule has 0 atom stereocenters. The normalized spacial score (nSPS) is 11.8. The lowest BCUT2D eigenvalue weighted by Gasteiger charge is -2.04. The van der Waals surface area contributed by atoms with Crippen molar-refractivity contribution < 1.29 is 5.21 Å². The van der Waals surface area contributed by atoms with Gasteiger partial charge < -0.3 is 10.9 Å².